The lowest BCUT2D eigenvalue weighted by atomic mass is 10.1. The van der Waals surface area contributed by atoms with Crippen molar-refractivity contribution in [1.29, 1.82) is 0 Å². The number of likely N-dealkylation sites (tertiary alicyclic amines) is 1. The zero-order chi connectivity index (χ0) is 20.9. The fourth-order valence-corrected chi connectivity index (χ4v) is 3.72. The summed E-state index contributed by atoms with van der Waals surface area (Å²) in [7, 11) is 3.29. The van der Waals surface area contributed by atoms with Crippen molar-refractivity contribution in [3.63, 3.8) is 0 Å². The Morgan fingerprint density at radius 2 is 1.87 bits per heavy atom. The van der Waals surface area contributed by atoms with Crippen LogP contribution in [0.2, 0.25) is 0 Å². The van der Waals surface area contributed by atoms with Crippen LogP contribution in [0.5, 0.6) is 11.5 Å². The van der Waals surface area contributed by atoms with E-state index in [0.29, 0.717) is 37.6 Å². The Labute approximate surface area is 175 Å². The maximum Gasteiger partial charge on any atom is 0.226 e. The molecule has 3 aromatic rings. The Morgan fingerprint density at radius 1 is 1.07 bits per heavy atom. The molecule has 1 fully saturated rings. The first kappa shape index (κ1) is 19.9. The second-order valence-electron chi connectivity index (χ2n) is 7.38. The van der Waals surface area contributed by atoms with Gasteiger partial charge in [-0.3, -0.25) is 4.79 Å². The van der Waals surface area contributed by atoms with Gasteiger partial charge in [0.1, 0.15) is 11.5 Å². The topological polar surface area (TPSA) is 77.7 Å². The van der Waals surface area contributed by atoms with Gasteiger partial charge in [-0.2, -0.15) is 4.98 Å². The average Bonchev–Trinajstić information content (AvgIpc) is 3.40. The molecular weight excluding hydrogens is 382 g/mol. The van der Waals surface area contributed by atoms with Gasteiger partial charge in [0.25, 0.3) is 0 Å². The molecule has 1 aromatic heterocycles. The zero-order valence-electron chi connectivity index (χ0n) is 17.2. The minimum absolute atomic E-state index is 0.0503. The summed E-state index contributed by atoms with van der Waals surface area (Å²) in [4.78, 5) is 18.9. The van der Waals surface area contributed by atoms with E-state index in [-0.39, 0.29) is 11.8 Å². The summed E-state index contributed by atoms with van der Waals surface area (Å²) in [6, 6.07) is 15.7. The Bertz CT molecular complexity index is 1000. The molecule has 1 amide bonds. The molecule has 2 heterocycles. The molecule has 1 unspecified atom stereocenters. The Morgan fingerprint density at radius 3 is 2.63 bits per heavy atom. The van der Waals surface area contributed by atoms with Crippen LogP contribution >= 0.6 is 0 Å². The summed E-state index contributed by atoms with van der Waals surface area (Å²) in [5.74, 6) is 2.87. The average molecular weight is 407 g/mol. The molecule has 0 saturated carbocycles. The number of methoxy groups -OCH3 is 2. The van der Waals surface area contributed by atoms with E-state index >= 15 is 0 Å². The molecule has 156 valence electrons. The minimum atomic E-state index is -0.0503. The van der Waals surface area contributed by atoms with Crippen molar-refractivity contribution in [3.8, 4) is 11.5 Å². The van der Waals surface area contributed by atoms with E-state index in [1.54, 1.807) is 14.2 Å². The quantitative estimate of drug-likeness (QED) is 0.570. The number of carbonyl (C=O) groups is 1. The third-order valence-corrected chi connectivity index (χ3v) is 5.40. The molecule has 1 aliphatic rings. The summed E-state index contributed by atoms with van der Waals surface area (Å²) in [5.41, 5.74) is 2.16. The van der Waals surface area contributed by atoms with Gasteiger partial charge in [-0.05, 0) is 30.2 Å². The summed E-state index contributed by atoms with van der Waals surface area (Å²) in [6.07, 6.45) is 1.85. The third kappa shape index (κ3) is 4.45. The van der Waals surface area contributed by atoms with Crippen LogP contribution in [-0.2, 0) is 24.2 Å². The largest absolute Gasteiger partial charge is 0.497 e. The van der Waals surface area contributed by atoms with Crippen molar-refractivity contribution in [2.45, 2.75) is 31.7 Å². The van der Waals surface area contributed by atoms with Crippen molar-refractivity contribution in [1.82, 2.24) is 15.0 Å². The van der Waals surface area contributed by atoms with Crippen molar-refractivity contribution >= 4 is 5.91 Å². The first-order chi connectivity index (χ1) is 14.7. The summed E-state index contributed by atoms with van der Waals surface area (Å²) in [6.45, 7) is 1.09. The van der Waals surface area contributed by atoms with E-state index in [4.69, 9.17) is 14.0 Å². The zero-order valence-corrected chi connectivity index (χ0v) is 17.2. The van der Waals surface area contributed by atoms with Crippen LogP contribution in [0.3, 0.4) is 0 Å². The van der Waals surface area contributed by atoms with Crippen molar-refractivity contribution in [2.75, 3.05) is 20.8 Å². The molecule has 7 heteroatoms. The molecular formula is C23H25N3O4. The second-order valence-corrected chi connectivity index (χ2v) is 7.38. The van der Waals surface area contributed by atoms with Crippen LogP contribution in [0.1, 0.15) is 35.2 Å². The van der Waals surface area contributed by atoms with Crippen LogP contribution in [0.25, 0.3) is 0 Å². The first-order valence-corrected chi connectivity index (χ1v) is 10.0. The molecule has 1 aliphatic heterocycles. The molecule has 0 aliphatic carbocycles. The number of benzene rings is 2. The Balaban J connectivity index is 1.36. The SMILES string of the molecule is COc1ccc(CCc2nc(C3CC(=O)N(Cc4ccccc4OC)C3)no2)cc1. The molecule has 1 atom stereocenters. The van der Waals surface area contributed by atoms with Gasteiger partial charge in [-0.1, -0.05) is 35.5 Å². The molecule has 7 nitrogen and oxygen atoms in total. The lowest BCUT2D eigenvalue weighted by Gasteiger charge is -2.17. The van der Waals surface area contributed by atoms with Gasteiger partial charge in [0, 0.05) is 37.4 Å². The summed E-state index contributed by atoms with van der Waals surface area (Å²) >= 11 is 0. The predicted molar refractivity (Wildman–Crippen MR) is 110 cm³/mol. The predicted octanol–water partition coefficient (Wildman–Crippen LogP) is 3.39. The lowest BCUT2D eigenvalue weighted by Crippen LogP contribution is -2.24. The van der Waals surface area contributed by atoms with Gasteiger partial charge in [-0.15, -0.1) is 0 Å². The van der Waals surface area contributed by atoms with E-state index < -0.39 is 0 Å². The highest BCUT2D eigenvalue weighted by Gasteiger charge is 2.34. The van der Waals surface area contributed by atoms with E-state index in [2.05, 4.69) is 10.1 Å². The standard InChI is InChI=1S/C23H25N3O4/c1-28-19-10-7-16(8-11-19)9-12-21-24-23(25-30-21)18-13-22(27)26(15-18)14-17-5-3-4-6-20(17)29-2/h3-8,10-11,18H,9,12-15H2,1-2H3. The van der Waals surface area contributed by atoms with Crippen LogP contribution in [0.15, 0.2) is 53.1 Å². The summed E-state index contributed by atoms with van der Waals surface area (Å²) < 4.78 is 16.0. The number of carbonyl (C=O) groups excluding carboxylic acids is 1. The van der Waals surface area contributed by atoms with Crippen LogP contribution in [0.4, 0.5) is 0 Å². The van der Waals surface area contributed by atoms with E-state index in [9.17, 15) is 4.79 Å². The number of ether oxygens (including phenoxy) is 2. The molecule has 2 aromatic carbocycles. The fraction of sp³-hybridized carbons (Fsp3) is 0.348. The molecule has 0 radical (unpaired) electrons. The van der Waals surface area contributed by atoms with Gasteiger partial charge in [0.05, 0.1) is 14.2 Å². The van der Waals surface area contributed by atoms with Gasteiger partial charge < -0.3 is 18.9 Å². The highest BCUT2D eigenvalue weighted by Crippen LogP contribution is 2.29. The van der Waals surface area contributed by atoms with Gasteiger partial charge in [0.2, 0.25) is 11.8 Å². The number of para-hydroxylation sites is 1. The van der Waals surface area contributed by atoms with Crippen molar-refractivity contribution < 1.29 is 18.8 Å². The molecule has 1 saturated heterocycles. The first-order valence-electron chi connectivity index (χ1n) is 10.0. The molecule has 4 rings (SSSR count). The Kier molecular flexibility index (Phi) is 5.97. The highest BCUT2D eigenvalue weighted by atomic mass is 16.5. The number of amides is 1. The van der Waals surface area contributed by atoms with Crippen LogP contribution in [-0.4, -0.2) is 41.7 Å². The third-order valence-electron chi connectivity index (χ3n) is 5.40. The van der Waals surface area contributed by atoms with Gasteiger partial charge in [0.15, 0.2) is 5.82 Å². The molecule has 0 N–H and O–H groups in total. The number of aromatic nitrogens is 2. The van der Waals surface area contributed by atoms with Crippen LogP contribution < -0.4 is 9.47 Å². The van der Waals surface area contributed by atoms with Crippen molar-refractivity contribution in [2.24, 2.45) is 0 Å². The molecule has 0 bridgehead atoms. The normalized spacial score (nSPS) is 16.1. The Hall–Kier alpha value is -3.35. The van der Waals surface area contributed by atoms with Gasteiger partial charge >= 0.3 is 0 Å². The monoisotopic (exact) mass is 407 g/mol. The fourth-order valence-electron chi connectivity index (χ4n) is 3.72. The van der Waals surface area contributed by atoms with Gasteiger partial charge in [-0.25, -0.2) is 0 Å². The number of aryl methyl sites for hydroxylation is 2. The lowest BCUT2D eigenvalue weighted by molar-refractivity contribution is -0.128. The smallest absolute Gasteiger partial charge is 0.226 e. The second kappa shape index (κ2) is 8.98. The molecule has 30 heavy (non-hydrogen) atoms. The number of hydrogen-bond donors (Lipinski definition) is 0. The maximum absolute atomic E-state index is 12.5. The van der Waals surface area contributed by atoms with E-state index in [1.807, 2.05) is 53.4 Å². The van der Waals surface area contributed by atoms with Crippen molar-refractivity contribution in [3.05, 3.63) is 71.4 Å². The number of rotatable bonds is 8. The van der Waals surface area contributed by atoms with E-state index in [1.165, 1.54) is 5.56 Å². The number of nitrogens with zero attached hydrogens (tertiary/aromatic N) is 3. The minimum Gasteiger partial charge on any atom is -0.497 e. The van der Waals surface area contributed by atoms with E-state index in [0.717, 1.165) is 23.5 Å². The van der Waals surface area contributed by atoms with Crippen LogP contribution in [0, 0.1) is 0 Å². The summed E-state index contributed by atoms with van der Waals surface area (Å²) in [5, 5.41) is 4.14. The maximum atomic E-state index is 12.5. The highest BCUT2D eigenvalue weighted by molar-refractivity contribution is 5.79. The number of hydrogen-bond acceptors (Lipinski definition) is 6. The molecule has 0 spiro atoms.